The first-order valence-corrected chi connectivity index (χ1v) is 11.5. The minimum absolute atomic E-state index is 0.0277. The van der Waals surface area contributed by atoms with E-state index in [1.165, 1.54) is 10.9 Å². The highest BCUT2D eigenvalue weighted by atomic mass is 16.5. The molecule has 1 saturated carbocycles. The van der Waals surface area contributed by atoms with Gasteiger partial charge in [-0.1, -0.05) is 36.4 Å². The third kappa shape index (κ3) is 4.64. The van der Waals surface area contributed by atoms with Crippen LogP contribution >= 0.6 is 0 Å². The van der Waals surface area contributed by atoms with Crippen molar-refractivity contribution in [2.75, 3.05) is 6.54 Å². The summed E-state index contributed by atoms with van der Waals surface area (Å²) in [7, 11) is 0. The van der Waals surface area contributed by atoms with Crippen LogP contribution < -0.4 is 10.1 Å². The van der Waals surface area contributed by atoms with Gasteiger partial charge in [0.1, 0.15) is 17.9 Å². The number of hydrogen-bond acceptors (Lipinski definition) is 3. The van der Waals surface area contributed by atoms with E-state index in [4.69, 9.17) is 4.74 Å². The van der Waals surface area contributed by atoms with Crippen molar-refractivity contribution in [3.63, 3.8) is 0 Å². The summed E-state index contributed by atoms with van der Waals surface area (Å²) in [5.41, 5.74) is 2.34. The molecule has 6 nitrogen and oxygen atoms in total. The summed E-state index contributed by atoms with van der Waals surface area (Å²) in [6, 6.07) is 17.6. The van der Waals surface area contributed by atoms with E-state index in [9.17, 15) is 9.59 Å². The van der Waals surface area contributed by atoms with Crippen LogP contribution in [-0.2, 0) is 16.0 Å². The van der Waals surface area contributed by atoms with E-state index in [1.807, 2.05) is 48.7 Å². The van der Waals surface area contributed by atoms with E-state index in [2.05, 4.69) is 22.4 Å². The van der Waals surface area contributed by atoms with Crippen LogP contribution in [0.25, 0.3) is 10.9 Å². The van der Waals surface area contributed by atoms with Crippen molar-refractivity contribution >= 4 is 22.7 Å². The van der Waals surface area contributed by atoms with Crippen LogP contribution in [0.4, 0.5) is 0 Å². The number of carbonyl (C=O) groups excluding carboxylic acids is 2. The van der Waals surface area contributed by atoms with Crippen LogP contribution in [0.1, 0.15) is 37.7 Å². The van der Waals surface area contributed by atoms with Crippen LogP contribution in [0.3, 0.4) is 0 Å². The number of amides is 2. The molecule has 0 radical (unpaired) electrons. The van der Waals surface area contributed by atoms with E-state index in [1.54, 1.807) is 4.90 Å². The van der Waals surface area contributed by atoms with E-state index < -0.39 is 6.04 Å². The van der Waals surface area contributed by atoms with Gasteiger partial charge in [0.25, 0.3) is 0 Å². The first kappa shape index (κ1) is 20.6. The van der Waals surface area contributed by atoms with Gasteiger partial charge >= 0.3 is 0 Å². The lowest BCUT2D eigenvalue weighted by atomic mass is 10.1. The van der Waals surface area contributed by atoms with Gasteiger partial charge in [-0.25, -0.2) is 0 Å². The van der Waals surface area contributed by atoms with Crippen molar-refractivity contribution in [2.24, 2.45) is 0 Å². The molecule has 3 aromatic rings. The number of ether oxygens (including phenoxy) is 1. The molecule has 1 aromatic heterocycles. The summed E-state index contributed by atoms with van der Waals surface area (Å²) in [5.74, 6) is 0.754. The molecule has 2 fully saturated rings. The molecule has 0 spiro atoms. The highest BCUT2D eigenvalue weighted by Crippen LogP contribution is 2.27. The maximum absolute atomic E-state index is 13.1. The van der Waals surface area contributed by atoms with Crippen molar-refractivity contribution < 1.29 is 14.3 Å². The lowest BCUT2D eigenvalue weighted by Gasteiger charge is -2.23. The predicted octanol–water partition coefficient (Wildman–Crippen LogP) is 3.82. The third-order valence-electron chi connectivity index (χ3n) is 6.37. The Hall–Kier alpha value is -3.28. The summed E-state index contributed by atoms with van der Waals surface area (Å²) in [5, 5.41) is 4.28. The van der Waals surface area contributed by atoms with Crippen molar-refractivity contribution in [1.82, 2.24) is 15.2 Å². The summed E-state index contributed by atoms with van der Waals surface area (Å²) in [6.45, 7) is 0.448. The topological polar surface area (TPSA) is 74.4 Å². The van der Waals surface area contributed by atoms with Crippen molar-refractivity contribution in [2.45, 2.75) is 56.7 Å². The van der Waals surface area contributed by atoms with E-state index in [-0.39, 0.29) is 24.0 Å². The van der Waals surface area contributed by atoms with Crippen LogP contribution in [0.5, 0.6) is 5.75 Å². The SMILES string of the molecule is O=C(NC1CC1)[C@@H]1C[C@H](Oc2ccccc2)CN1C(=O)CCCc1c[nH]c2ccccc12. The number of likely N-dealkylation sites (tertiary alicyclic amines) is 1. The molecule has 1 aliphatic heterocycles. The number of H-pyrrole nitrogens is 1. The van der Waals surface area contributed by atoms with Crippen LogP contribution in [0, 0.1) is 0 Å². The fourth-order valence-electron chi connectivity index (χ4n) is 4.54. The van der Waals surface area contributed by atoms with E-state index in [0.29, 0.717) is 19.4 Å². The van der Waals surface area contributed by atoms with Gasteiger partial charge in [-0.2, -0.15) is 0 Å². The van der Waals surface area contributed by atoms with Gasteiger partial charge in [0.2, 0.25) is 11.8 Å². The zero-order valence-electron chi connectivity index (χ0n) is 18.1. The zero-order valence-corrected chi connectivity index (χ0v) is 18.1. The number of nitrogens with zero attached hydrogens (tertiary/aromatic N) is 1. The quantitative estimate of drug-likeness (QED) is 0.569. The van der Waals surface area contributed by atoms with Gasteiger partial charge in [-0.15, -0.1) is 0 Å². The maximum Gasteiger partial charge on any atom is 0.243 e. The third-order valence-corrected chi connectivity index (χ3v) is 6.37. The minimum Gasteiger partial charge on any atom is -0.488 e. The molecule has 2 aliphatic rings. The molecule has 0 bridgehead atoms. The van der Waals surface area contributed by atoms with Crippen molar-refractivity contribution in [3.05, 3.63) is 66.4 Å². The van der Waals surface area contributed by atoms with Gasteiger partial charge in [0, 0.05) is 36.0 Å². The summed E-state index contributed by atoms with van der Waals surface area (Å²) >= 11 is 0. The second-order valence-electron chi connectivity index (χ2n) is 8.85. The number of para-hydroxylation sites is 2. The molecule has 1 aliphatic carbocycles. The maximum atomic E-state index is 13.1. The van der Waals surface area contributed by atoms with Gasteiger partial charge in [-0.05, 0) is 49.4 Å². The fourth-order valence-corrected chi connectivity index (χ4v) is 4.54. The Labute approximate surface area is 187 Å². The Balaban J connectivity index is 1.22. The first-order valence-electron chi connectivity index (χ1n) is 11.5. The molecule has 0 unspecified atom stereocenters. The average Bonchev–Trinajstić information content (AvgIpc) is 3.37. The fraction of sp³-hybridized carbons (Fsp3) is 0.385. The minimum atomic E-state index is -0.454. The van der Waals surface area contributed by atoms with Gasteiger partial charge in [-0.3, -0.25) is 9.59 Å². The normalized spacial score (nSPS) is 20.4. The molecule has 166 valence electrons. The highest BCUT2D eigenvalue weighted by molar-refractivity contribution is 5.89. The van der Waals surface area contributed by atoms with Crippen LogP contribution in [0.2, 0.25) is 0 Å². The van der Waals surface area contributed by atoms with E-state index in [0.717, 1.165) is 36.9 Å². The molecule has 6 heteroatoms. The number of hydrogen-bond donors (Lipinski definition) is 2. The molecule has 2 aromatic carbocycles. The standard InChI is InChI=1S/C26H29N3O3/c30-25(12-6-7-18-16-27-23-11-5-4-10-22(18)23)29-17-21(32-20-8-2-1-3-9-20)15-24(29)26(31)28-19-13-14-19/h1-5,8-11,16,19,21,24,27H,6-7,12-15,17H2,(H,28,31)/t21-,24-/m0/s1. The number of carbonyl (C=O) groups is 2. The first-order chi connectivity index (χ1) is 15.7. The lowest BCUT2D eigenvalue weighted by Crippen LogP contribution is -2.46. The largest absolute Gasteiger partial charge is 0.488 e. The summed E-state index contributed by atoms with van der Waals surface area (Å²) < 4.78 is 6.09. The van der Waals surface area contributed by atoms with Crippen LogP contribution in [0.15, 0.2) is 60.8 Å². The molecule has 32 heavy (non-hydrogen) atoms. The molecule has 1 saturated heterocycles. The molecule has 2 atom stereocenters. The van der Waals surface area contributed by atoms with Gasteiger partial charge in [0.15, 0.2) is 0 Å². The Morgan fingerprint density at radius 1 is 1.06 bits per heavy atom. The number of fused-ring (bicyclic) bond motifs is 1. The molecule has 2 amide bonds. The Morgan fingerprint density at radius 3 is 2.66 bits per heavy atom. The number of aromatic amines is 1. The van der Waals surface area contributed by atoms with Crippen molar-refractivity contribution in [1.29, 1.82) is 0 Å². The molecular weight excluding hydrogens is 402 g/mol. The zero-order chi connectivity index (χ0) is 21.9. The number of rotatable bonds is 8. The number of aryl methyl sites for hydroxylation is 1. The average molecular weight is 432 g/mol. The van der Waals surface area contributed by atoms with E-state index >= 15 is 0 Å². The van der Waals surface area contributed by atoms with Gasteiger partial charge < -0.3 is 19.9 Å². The smallest absolute Gasteiger partial charge is 0.243 e. The Kier molecular flexibility index (Phi) is 5.84. The highest BCUT2D eigenvalue weighted by Gasteiger charge is 2.41. The Bertz CT molecular complexity index is 1090. The predicted molar refractivity (Wildman–Crippen MR) is 123 cm³/mol. The number of benzene rings is 2. The van der Waals surface area contributed by atoms with Crippen LogP contribution in [-0.4, -0.2) is 46.4 Å². The molecular formula is C26H29N3O3. The molecule has 2 heterocycles. The number of nitrogens with one attached hydrogen (secondary N) is 2. The lowest BCUT2D eigenvalue weighted by molar-refractivity contribution is -0.138. The van der Waals surface area contributed by atoms with Crippen molar-refractivity contribution in [3.8, 4) is 5.75 Å². The monoisotopic (exact) mass is 431 g/mol. The Morgan fingerprint density at radius 2 is 1.84 bits per heavy atom. The molecule has 5 rings (SSSR count). The second kappa shape index (κ2) is 9.07. The summed E-state index contributed by atoms with van der Waals surface area (Å²) in [6.07, 6.45) is 6.43. The number of aromatic nitrogens is 1. The van der Waals surface area contributed by atoms with Gasteiger partial charge in [0.05, 0.1) is 6.54 Å². The molecule has 2 N–H and O–H groups in total. The summed E-state index contributed by atoms with van der Waals surface area (Å²) in [4.78, 5) is 31.0. The second-order valence-corrected chi connectivity index (χ2v) is 8.85.